The van der Waals surface area contributed by atoms with E-state index in [1.807, 2.05) is 6.07 Å². The van der Waals surface area contributed by atoms with Gasteiger partial charge in [0.05, 0.1) is 5.56 Å². The Morgan fingerprint density at radius 1 is 1.03 bits per heavy atom. The van der Waals surface area contributed by atoms with Gasteiger partial charge in [0.25, 0.3) is 5.89 Å². The molecular weight excluding hydrogens is 483 g/mol. The monoisotopic (exact) mass is 507 g/mol. The standard InChI is InChI=1S/C28H24F3N3O3/c1-17-6-2-3-9-21(17)22-11-10-20(15-23(22)28(29,30)31)25-33-24(34-37-25)19-8-4-7-18(14-19)16-32-27(26(35)36)12-5-13-27/h2-4,6-11,14-15,32H,5,12-13,16H2,1H3,(H,35,36). The molecule has 0 spiro atoms. The lowest BCUT2D eigenvalue weighted by atomic mass is 9.76. The Labute approximate surface area is 211 Å². The summed E-state index contributed by atoms with van der Waals surface area (Å²) in [6.07, 6.45) is -2.55. The second-order valence-corrected chi connectivity index (χ2v) is 9.29. The van der Waals surface area contributed by atoms with E-state index < -0.39 is 23.2 Å². The molecule has 0 saturated heterocycles. The molecule has 1 fully saturated rings. The van der Waals surface area contributed by atoms with Crippen molar-refractivity contribution in [2.24, 2.45) is 0 Å². The van der Waals surface area contributed by atoms with Crippen molar-refractivity contribution >= 4 is 5.97 Å². The van der Waals surface area contributed by atoms with Gasteiger partial charge in [0.2, 0.25) is 5.82 Å². The molecule has 6 nitrogen and oxygen atoms in total. The Morgan fingerprint density at radius 3 is 2.49 bits per heavy atom. The first-order valence-corrected chi connectivity index (χ1v) is 11.9. The van der Waals surface area contributed by atoms with Crippen LogP contribution in [-0.2, 0) is 17.5 Å². The number of hydrogen-bond donors (Lipinski definition) is 2. The van der Waals surface area contributed by atoms with Crippen LogP contribution in [0.15, 0.2) is 71.3 Å². The van der Waals surface area contributed by atoms with Crippen molar-refractivity contribution < 1.29 is 27.6 Å². The van der Waals surface area contributed by atoms with Gasteiger partial charge in [0.15, 0.2) is 0 Å². The molecule has 1 aromatic heterocycles. The number of aryl methyl sites for hydroxylation is 1. The highest BCUT2D eigenvalue weighted by atomic mass is 19.4. The van der Waals surface area contributed by atoms with Crippen LogP contribution in [0.3, 0.4) is 0 Å². The number of benzene rings is 3. The van der Waals surface area contributed by atoms with Crippen molar-refractivity contribution in [3.8, 4) is 34.0 Å². The quantitative estimate of drug-likeness (QED) is 0.297. The first-order valence-electron chi connectivity index (χ1n) is 11.9. The number of alkyl halides is 3. The molecule has 37 heavy (non-hydrogen) atoms. The number of carboxylic acids is 1. The van der Waals surface area contributed by atoms with E-state index in [4.69, 9.17) is 4.52 Å². The van der Waals surface area contributed by atoms with Crippen LogP contribution in [0.4, 0.5) is 13.2 Å². The summed E-state index contributed by atoms with van der Waals surface area (Å²) >= 11 is 0. The van der Waals surface area contributed by atoms with Gasteiger partial charge in [-0.1, -0.05) is 53.7 Å². The van der Waals surface area contributed by atoms with Gasteiger partial charge in [0, 0.05) is 17.7 Å². The van der Waals surface area contributed by atoms with Crippen molar-refractivity contribution in [2.75, 3.05) is 0 Å². The van der Waals surface area contributed by atoms with Gasteiger partial charge in [-0.25, -0.2) is 0 Å². The normalized spacial score (nSPS) is 14.8. The molecule has 0 radical (unpaired) electrons. The molecule has 0 aliphatic heterocycles. The van der Waals surface area contributed by atoms with Crippen LogP contribution in [-0.4, -0.2) is 26.8 Å². The fourth-order valence-corrected chi connectivity index (χ4v) is 4.57. The topological polar surface area (TPSA) is 88.2 Å². The van der Waals surface area contributed by atoms with E-state index in [0.29, 0.717) is 30.5 Å². The van der Waals surface area contributed by atoms with Crippen molar-refractivity contribution in [2.45, 2.75) is 44.4 Å². The molecular formula is C28H24F3N3O3. The zero-order valence-corrected chi connectivity index (χ0v) is 20.0. The van der Waals surface area contributed by atoms with Crippen LogP contribution in [0.5, 0.6) is 0 Å². The molecule has 1 aliphatic carbocycles. The lowest BCUT2D eigenvalue weighted by Crippen LogP contribution is -2.56. The predicted molar refractivity (Wildman–Crippen MR) is 131 cm³/mol. The second kappa shape index (κ2) is 9.48. The third-order valence-electron chi connectivity index (χ3n) is 6.87. The van der Waals surface area contributed by atoms with Crippen LogP contribution in [0.25, 0.3) is 34.0 Å². The zero-order valence-electron chi connectivity index (χ0n) is 20.0. The number of nitrogens with zero attached hydrogens (tertiary/aromatic N) is 2. The van der Waals surface area contributed by atoms with E-state index in [9.17, 15) is 23.1 Å². The molecule has 0 atom stereocenters. The van der Waals surface area contributed by atoms with Crippen LogP contribution in [0.2, 0.25) is 0 Å². The molecule has 1 heterocycles. The molecule has 3 aromatic carbocycles. The van der Waals surface area contributed by atoms with Crippen molar-refractivity contribution in [1.82, 2.24) is 15.5 Å². The van der Waals surface area contributed by atoms with E-state index in [2.05, 4.69) is 15.5 Å². The summed E-state index contributed by atoms with van der Waals surface area (Å²) < 4.78 is 47.3. The maximum absolute atomic E-state index is 14.0. The Hall–Kier alpha value is -3.98. The summed E-state index contributed by atoms with van der Waals surface area (Å²) in [5.74, 6) is -0.658. The fraction of sp³-hybridized carbons (Fsp3) is 0.250. The average Bonchev–Trinajstić information content (AvgIpc) is 3.33. The van der Waals surface area contributed by atoms with E-state index in [1.165, 1.54) is 6.07 Å². The van der Waals surface area contributed by atoms with Crippen LogP contribution in [0.1, 0.15) is 36.0 Å². The van der Waals surface area contributed by atoms with Gasteiger partial charge >= 0.3 is 12.1 Å². The van der Waals surface area contributed by atoms with Crippen molar-refractivity contribution in [1.29, 1.82) is 0 Å². The summed E-state index contributed by atoms with van der Waals surface area (Å²) in [4.78, 5) is 15.9. The number of halogens is 3. The Kier molecular flexibility index (Phi) is 6.33. The van der Waals surface area contributed by atoms with Crippen molar-refractivity contribution in [3.05, 3.63) is 83.4 Å². The number of nitrogens with one attached hydrogen (secondary N) is 1. The Bertz CT molecular complexity index is 1460. The number of rotatable bonds is 7. The third-order valence-corrected chi connectivity index (χ3v) is 6.87. The smallest absolute Gasteiger partial charge is 0.417 e. The lowest BCUT2D eigenvalue weighted by molar-refractivity contribution is -0.149. The number of aliphatic carboxylic acids is 1. The summed E-state index contributed by atoms with van der Waals surface area (Å²) in [6, 6.07) is 18.1. The van der Waals surface area contributed by atoms with Crippen LogP contribution in [0, 0.1) is 6.92 Å². The number of aromatic nitrogens is 2. The number of carbonyl (C=O) groups is 1. The van der Waals surface area contributed by atoms with E-state index >= 15 is 0 Å². The van der Waals surface area contributed by atoms with E-state index in [0.717, 1.165) is 23.6 Å². The largest absolute Gasteiger partial charge is 0.480 e. The summed E-state index contributed by atoms with van der Waals surface area (Å²) in [6.45, 7) is 2.12. The Balaban J connectivity index is 1.42. The number of hydrogen-bond acceptors (Lipinski definition) is 5. The van der Waals surface area contributed by atoms with Crippen LogP contribution < -0.4 is 5.32 Å². The average molecular weight is 508 g/mol. The van der Waals surface area contributed by atoms with Crippen molar-refractivity contribution in [3.63, 3.8) is 0 Å². The third kappa shape index (κ3) is 4.86. The molecule has 190 valence electrons. The van der Waals surface area contributed by atoms with Gasteiger partial charge in [-0.15, -0.1) is 0 Å². The minimum Gasteiger partial charge on any atom is -0.480 e. The molecule has 1 aliphatic rings. The highest BCUT2D eigenvalue weighted by molar-refractivity contribution is 5.80. The molecule has 4 aromatic rings. The molecule has 0 amide bonds. The molecule has 1 saturated carbocycles. The number of carboxylic acid groups (broad SMARTS) is 1. The first kappa shape index (κ1) is 24.7. The molecule has 9 heteroatoms. The second-order valence-electron chi connectivity index (χ2n) is 9.29. The SMILES string of the molecule is Cc1ccccc1-c1ccc(-c2nc(-c3cccc(CNC4(C(=O)O)CCC4)c3)no2)cc1C(F)(F)F. The molecule has 0 unspecified atom stereocenters. The maximum Gasteiger partial charge on any atom is 0.417 e. The first-order chi connectivity index (χ1) is 17.7. The minimum atomic E-state index is -4.58. The highest BCUT2D eigenvalue weighted by Crippen LogP contribution is 2.40. The fourth-order valence-electron chi connectivity index (χ4n) is 4.57. The van der Waals surface area contributed by atoms with Gasteiger partial charge in [0.1, 0.15) is 5.54 Å². The highest BCUT2D eigenvalue weighted by Gasteiger charge is 2.43. The van der Waals surface area contributed by atoms with Crippen LogP contribution >= 0.6 is 0 Å². The molecule has 0 bridgehead atoms. The molecule has 2 N–H and O–H groups in total. The van der Waals surface area contributed by atoms with Gasteiger partial charge in [-0.3, -0.25) is 10.1 Å². The molecule has 5 rings (SSSR count). The van der Waals surface area contributed by atoms with Gasteiger partial charge in [-0.2, -0.15) is 18.2 Å². The Morgan fingerprint density at radius 2 is 1.81 bits per heavy atom. The van der Waals surface area contributed by atoms with E-state index in [-0.39, 0.29) is 22.8 Å². The lowest BCUT2D eigenvalue weighted by Gasteiger charge is -2.38. The van der Waals surface area contributed by atoms with Gasteiger partial charge < -0.3 is 9.63 Å². The maximum atomic E-state index is 14.0. The summed E-state index contributed by atoms with van der Waals surface area (Å²) in [5, 5.41) is 16.6. The summed E-state index contributed by atoms with van der Waals surface area (Å²) in [5.41, 5.74) is 1.25. The van der Waals surface area contributed by atoms with E-state index in [1.54, 1.807) is 55.5 Å². The van der Waals surface area contributed by atoms with Gasteiger partial charge in [-0.05, 0) is 66.6 Å². The predicted octanol–water partition coefficient (Wildman–Crippen LogP) is 6.49. The zero-order chi connectivity index (χ0) is 26.2. The summed E-state index contributed by atoms with van der Waals surface area (Å²) in [7, 11) is 0. The minimum absolute atomic E-state index is 0.0281.